The molecule has 1 fully saturated rings. The van der Waals surface area contributed by atoms with Gasteiger partial charge in [0, 0.05) is 19.7 Å². The van der Waals surface area contributed by atoms with E-state index in [2.05, 4.69) is 31.2 Å². The van der Waals surface area contributed by atoms with E-state index in [0.29, 0.717) is 26.3 Å². The summed E-state index contributed by atoms with van der Waals surface area (Å²) >= 11 is 0. The first-order valence-corrected chi connectivity index (χ1v) is 8.99. The van der Waals surface area contributed by atoms with Gasteiger partial charge in [0.25, 0.3) is 0 Å². The Hall–Kier alpha value is -2.53. The van der Waals surface area contributed by atoms with Crippen molar-refractivity contribution in [2.45, 2.75) is 26.4 Å². The normalized spacial score (nSPS) is 18.1. The highest BCUT2D eigenvalue weighted by Crippen LogP contribution is 2.33. The number of amides is 1. The van der Waals surface area contributed by atoms with E-state index in [4.69, 9.17) is 14.2 Å². The number of fused-ring (bicyclic) bond motifs is 1. The van der Waals surface area contributed by atoms with Crippen molar-refractivity contribution in [2.24, 2.45) is 5.92 Å². The van der Waals surface area contributed by atoms with Crippen LogP contribution in [0.15, 0.2) is 42.5 Å². The zero-order valence-corrected chi connectivity index (χ0v) is 14.9. The van der Waals surface area contributed by atoms with Crippen LogP contribution in [0, 0.1) is 12.8 Å². The Bertz CT molecular complexity index is 781. The molecule has 2 aliphatic heterocycles. The average Bonchev–Trinajstić information content (AvgIpc) is 3.33. The quantitative estimate of drug-likeness (QED) is 0.828. The van der Waals surface area contributed by atoms with Crippen LogP contribution in [0.25, 0.3) is 0 Å². The maximum atomic E-state index is 13.0. The van der Waals surface area contributed by atoms with Crippen LogP contribution >= 0.6 is 0 Å². The molecule has 1 saturated heterocycles. The molecule has 136 valence electrons. The lowest BCUT2D eigenvalue weighted by atomic mass is 10.1. The van der Waals surface area contributed by atoms with Gasteiger partial charge in [0.1, 0.15) is 0 Å². The molecule has 5 nitrogen and oxygen atoms in total. The van der Waals surface area contributed by atoms with Gasteiger partial charge in [-0.05, 0) is 36.6 Å². The fraction of sp³-hybridized carbons (Fsp3) is 0.381. The molecule has 2 aromatic rings. The van der Waals surface area contributed by atoms with Crippen LogP contribution in [0.2, 0.25) is 0 Å². The fourth-order valence-electron chi connectivity index (χ4n) is 3.37. The van der Waals surface area contributed by atoms with Crippen molar-refractivity contribution in [2.75, 3.05) is 20.0 Å². The lowest BCUT2D eigenvalue weighted by Gasteiger charge is -2.26. The number of carbonyl (C=O) groups is 1. The van der Waals surface area contributed by atoms with E-state index in [9.17, 15) is 4.79 Å². The van der Waals surface area contributed by atoms with Crippen molar-refractivity contribution in [1.29, 1.82) is 0 Å². The summed E-state index contributed by atoms with van der Waals surface area (Å²) in [5.74, 6) is 1.61. The highest BCUT2D eigenvalue weighted by Gasteiger charge is 2.28. The van der Waals surface area contributed by atoms with Gasteiger partial charge in [0.2, 0.25) is 12.7 Å². The first-order valence-electron chi connectivity index (χ1n) is 8.99. The first kappa shape index (κ1) is 16.9. The third-order valence-corrected chi connectivity index (χ3v) is 4.90. The SMILES string of the molecule is Cc1ccc(CN(Cc2ccc3c(c2)OCO3)C(=O)C2CCOC2)cc1. The smallest absolute Gasteiger partial charge is 0.231 e. The molecule has 0 aliphatic carbocycles. The molecule has 0 spiro atoms. The standard InChI is InChI=1S/C21H23NO4/c1-15-2-4-16(5-3-15)11-22(21(23)18-8-9-24-13-18)12-17-6-7-19-20(10-17)26-14-25-19/h2-7,10,18H,8-9,11-14H2,1H3. The van der Waals surface area contributed by atoms with Crippen LogP contribution in [0.1, 0.15) is 23.1 Å². The molecule has 0 N–H and O–H groups in total. The topological polar surface area (TPSA) is 48.0 Å². The molecule has 2 aromatic carbocycles. The molecule has 26 heavy (non-hydrogen) atoms. The predicted molar refractivity (Wildman–Crippen MR) is 96.9 cm³/mol. The van der Waals surface area contributed by atoms with Gasteiger partial charge in [-0.15, -0.1) is 0 Å². The molecule has 1 unspecified atom stereocenters. The molecule has 5 heteroatoms. The van der Waals surface area contributed by atoms with Crippen LogP contribution in [-0.4, -0.2) is 30.8 Å². The Morgan fingerprint density at radius 1 is 1.04 bits per heavy atom. The largest absolute Gasteiger partial charge is 0.454 e. The number of aryl methyl sites for hydroxylation is 1. The Kier molecular flexibility index (Phi) is 4.80. The maximum Gasteiger partial charge on any atom is 0.231 e. The van der Waals surface area contributed by atoms with Crippen molar-refractivity contribution in [3.8, 4) is 11.5 Å². The van der Waals surface area contributed by atoms with Crippen LogP contribution in [-0.2, 0) is 22.6 Å². The lowest BCUT2D eigenvalue weighted by Crippen LogP contribution is -2.35. The predicted octanol–water partition coefficient (Wildman–Crippen LogP) is 3.29. The zero-order valence-electron chi connectivity index (χ0n) is 14.9. The molecule has 0 saturated carbocycles. The number of hydrogen-bond donors (Lipinski definition) is 0. The molecule has 1 atom stereocenters. The second kappa shape index (κ2) is 7.38. The number of ether oxygens (including phenoxy) is 3. The number of benzene rings is 2. The minimum Gasteiger partial charge on any atom is -0.454 e. The minimum absolute atomic E-state index is 0.0468. The summed E-state index contributed by atoms with van der Waals surface area (Å²) < 4.78 is 16.3. The van der Waals surface area contributed by atoms with Crippen LogP contribution in [0.4, 0.5) is 0 Å². The molecule has 0 aromatic heterocycles. The average molecular weight is 353 g/mol. The summed E-state index contributed by atoms with van der Waals surface area (Å²) in [4.78, 5) is 15.0. The van der Waals surface area contributed by atoms with Gasteiger partial charge in [0.05, 0.1) is 12.5 Å². The zero-order chi connectivity index (χ0) is 17.9. The maximum absolute atomic E-state index is 13.0. The van der Waals surface area contributed by atoms with Gasteiger partial charge in [-0.25, -0.2) is 0 Å². The number of rotatable bonds is 5. The number of nitrogens with zero attached hydrogens (tertiary/aromatic N) is 1. The van der Waals surface area contributed by atoms with Crippen molar-refractivity contribution in [3.05, 3.63) is 59.2 Å². The second-order valence-electron chi connectivity index (χ2n) is 6.93. The van der Waals surface area contributed by atoms with E-state index in [1.54, 1.807) is 0 Å². The summed E-state index contributed by atoms with van der Waals surface area (Å²) in [6.07, 6.45) is 0.796. The van der Waals surface area contributed by atoms with Crippen molar-refractivity contribution >= 4 is 5.91 Å². The highest BCUT2D eigenvalue weighted by atomic mass is 16.7. The van der Waals surface area contributed by atoms with Gasteiger partial charge in [-0.1, -0.05) is 35.9 Å². The molecule has 0 radical (unpaired) electrons. The summed E-state index contributed by atoms with van der Waals surface area (Å²) in [6.45, 7) is 4.63. The van der Waals surface area contributed by atoms with Gasteiger partial charge < -0.3 is 19.1 Å². The minimum atomic E-state index is -0.0468. The van der Waals surface area contributed by atoms with E-state index in [1.807, 2.05) is 23.1 Å². The molecule has 2 heterocycles. The van der Waals surface area contributed by atoms with Crippen LogP contribution < -0.4 is 9.47 Å². The van der Waals surface area contributed by atoms with E-state index < -0.39 is 0 Å². The van der Waals surface area contributed by atoms with Crippen molar-refractivity contribution in [3.63, 3.8) is 0 Å². The summed E-state index contributed by atoms with van der Waals surface area (Å²) in [7, 11) is 0. The molecular formula is C21H23NO4. The third kappa shape index (κ3) is 3.68. The second-order valence-corrected chi connectivity index (χ2v) is 6.93. The van der Waals surface area contributed by atoms with Crippen LogP contribution in [0.3, 0.4) is 0 Å². The van der Waals surface area contributed by atoms with Gasteiger partial charge >= 0.3 is 0 Å². The fourth-order valence-corrected chi connectivity index (χ4v) is 3.37. The van der Waals surface area contributed by atoms with Gasteiger partial charge in [-0.2, -0.15) is 0 Å². The van der Waals surface area contributed by atoms with Crippen molar-refractivity contribution < 1.29 is 19.0 Å². The Morgan fingerprint density at radius 3 is 2.54 bits per heavy atom. The van der Waals surface area contributed by atoms with Crippen molar-refractivity contribution in [1.82, 2.24) is 4.90 Å². The molecule has 0 bridgehead atoms. The Balaban J connectivity index is 1.55. The number of carbonyl (C=O) groups excluding carboxylic acids is 1. The van der Waals surface area contributed by atoms with Crippen LogP contribution in [0.5, 0.6) is 11.5 Å². The summed E-state index contributed by atoms with van der Waals surface area (Å²) in [5.41, 5.74) is 3.38. The molecular weight excluding hydrogens is 330 g/mol. The van der Waals surface area contributed by atoms with Gasteiger partial charge in [-0.3, -0.25) is 4.79 Å². The summed E-state index contributed by atoms with van der Waals surface area (Å²) in [5, 5.41) is 0. The highest BCUT2D eigenvalue weighted by molar-refractivity contribution is 5.79. The van der Waals surface area contributed by atoms with Gasteiger partial charge in [0.15, 0.2) is 11.5 Å². The van der Waals surface area contributed by atoms with E-state index >= 15 is 0 Å². The number of hydrogen-bond acceptors (Lipinski definition) is 4. The summed E-state index contributed by atoms with van der Waals surface area (Å²) in [6, 6.07) is 14.2. The van der Waals surface area contributed by atoms with E-state index in [-0.39, 0.29) is 18.6 Å². The Labute approximate surface area is 153 Å². The first-order chi connectivity index (χ1) is 12.7. The Morgan fingerprint density at radius 2 is 1.77 bits per heavy atom. The molecule has 2 aliphatic rings. The van der Waals surface area contributed by atoms with E-state index in [0.717, 1.165) is 29.0 Å². The lowest BCUT2D eigenvalue weighted by molar-refractivity contribution is -0.136. The monoisotopic (exact) mass is 353 g/mol. The third-order valence-electron chi connectivity index (χ3n) is 4.90. The van der Waals surface area contributed by atoms with E-state index in [1.165, 1.54) is 5.56 Å². The molecule has 1 amide bonds. The molecule has 4 rings (SSSR count).